The van der Waals surface area contributed by atoms with Crippen LogP contribution in [0.5, 0.6) is 0 Å². The Kier molecular flexibility index (Phi) is 21.9. The Balaban J connectivity index is -0.000000154. The molecule has 1 atom stereocenters. The highest BCUT2D eigenvalue weighted by molar-refractivity contribution is 8.24. The van der Waals surface area contributed by atoms with Gasteiger partial charge in [0.1, 0.15) is 14.9 Å². The molecule has 150 valence electrons. The molecule has 0 saturated heterocycles. The summed E-state index contributed by atoms with van der Waals surface area (Å²) in [5, 5.41) is 8.96. The number of halogens is 1. The Hall–Kier alpha value is -0.440. The lowest BCUT2D eigenvalue weighted by Crippen LogP contribution is -2.34. The highest BCUT2D eigenvalue weighted by Gasteiger charge is 2.33. The van der Waals surface area contributed by atoms with Crippen molar-refractivity contribution in [3.8, 4) is 0 Å². The molecule has 0 radical (unpaired) electrons. The summed E-state index contributed by atoms with van der Waals surface area (Å²) in [6.07, 6.45) is 1.22. The minimum absolute atomic E-state index is 0. The molecule has 5 nitrogen and oxygen atoms in total. The number of ketones is 1. The summed E-state index contributed by atoms with van der Waals surface area (Å²) < 4.78 is -0.201. The predicted molar refractivity (Wildman–Crippen MR) is 120 cm³/mol. The van der Waals surface area contributed by atoms with Crippen molar-refractivity contribution in [1.82, 2.24) is 9.80 Å². The minimum Gasteiger partial charge on any atom is -0.480 e. The summed E-state index contributed by atoms with van der Waals surface area (Å²) in [7, 11) is 7.49. The molecule has 0 aromatic rings. The minimum atomic E-state index is -0.816. The molecule has 0 aliphatic rings. The smallest absolute Gasteiger partial charge is 0.319 e. The number of thioether (sulfide) groups is 1. The van der Waals surface area contributed by atoms with E-state index in [4.69, 9.17) is 29.5 Å². The second kappa shape index (κ2) is 17.0. The van der Waals surface area contributed by atoms with Crippen molar-refractivity contribution < 1.29 is 14.7 Å². The number of hydrogen-bond acceptors (Lipinski definition) is 5. The second-order valence-electron chi connectivity index (χ2n) is 5.62. The molecule has 0 fully saturated rings. The molecular formula is C16H33ClN2O3S3. The molecule has 0 aromatic carbocycles. The molecule has 25 heavy (non-hydrogen) atoms. The van der Waals surface area contributed by atoms with Crippen molar-refractivity contribution in [1.29, 1.82) is 0 Å². The van der Waals surface area contributed by atoms with Crippen LogP contribution in [0.1, 0.15) is 47.5 Å². The van der Waals surface area contributed by atoms with Crippen molar-refractivity contribution in [2.45, 2.75) is 52.2 Å². The summed E-state index contributed by atoms with van der Waals surface area (Å²) in [5.41, 5.74) is 0. The number of rotatable bonds is 4. The first-order valence-electron chi connectivity index (χ1n) is 7.56. The fourth-order valence-corrected chi connectivity index (χ4v) is 1.90. The zero-order valence-electron chi connectivity index (χ0n) is 16.7. The van der Waals surface area contributed by atoms with Crippen LogP contribution in [-0.4, -0.2) is 68.9 Å². The van der Waals surface area contributed by atoms with E-state index in [1.165, 1.54) is 11.8 Å². The maximum absolute atomic E-state index is 10.9. The highest BCUT2D eigenvalue weighted by Crippen LogP contribution is 2.30. The molecule has 1 unspecified atom stereocenters. The molecule has 0 bridgehead atoms. The Morgan fingerprint density at radius 1 is 1.04 bits per heavy atom. The van der Waals surface area contributed by atoms with Gasteiger partial charge < -0.3 is 19.7 Å². The molecule has 0 rings (SSSR count). The van der Waals surface area contributed by atoms with Gasteiger partial charge in [-0.1, -0.05) is 50.0 Å². The molecule has 0 aliphatic carbocycles. The van der Waals surface area contributed by atoms with Gasteiger partial charge in [-0.15, -0.1) is 12.4 Å². The van der Waals surface area contributed by atoms with Crippen molar-refractivity contribution in [3.63, 3.8) is 0 Å². The molecule has 0 amide bonds. The average Bonchev–Trinajstić information content (AvgIpc) is 2.47. The van der Waals surface area contributed by atoms with Crippen LogP contribution in [0.3, 0.4) is 0 Å². The number of thiocarbonyl (C=S) groups is 2. The van der Waals surface area contributed by atoms with E-state index in [0.29, 0.717) is 17.2 Å². The van der Waals surface area contributed by atoms with E-state index < -0.39 is 10.7 Å². The van der Waals surface area contributed by atoms with E-state index in [1.54, 1.807) is 18.7 Å². The van der Waals surface area contributed by atoms with Crippen LogP contribution < -0.4 is 0 Å². The maximum atomic E-state index is 10.9. The van der Waals surface area contributed by atoms with Gasteiger partial charge in [-0.25, -0.2) is 0 Å². The topological polar surface area (TPSA) is 60.9 Å². The third-order valence-corrected chi connectivity index (χ3v) is 5.37. The lowest BCUT2D eigenvalue weighted by molar-refractivity contribution is -0.139. The average molecular weight is 433 g/mol. The molecule has 0 spiro atoms. The molecule has 1 N–H and O–H groups in total. The summed E-state index contributed by atoms with van der Waals surface area (Å²) in [5.74, 6) is -0.561. The van der Waals surface area contributed by atoms with Crippen molar-refractivity contribution in [2.24, 2.45) is 0 Å². The molecule has 0 heterocycles. The van der Waals surface area contributed by atoms with E-state index in [-0.39, 0.29) is 18.2 Å². The van der Waals surface area contributed by atoms with Crippen LogP contribution in [-0.2, 0) is 9.59 Å². The highest BCUT2D eigenvalue weighted by atomic mass is 35.5. The largest absolute Gasteiger partial charge is 0.480 e. The number of hydrogen-bond donors (Lipinski definition) is 1. The van der Waals surface area contributed by atoms with Gasteiger partial charge >= 0.3 is 5.97 Å². The van der Waals surface area contributed by atoms with E-state index in [1.807, 2.05) is 53.9 Å². The van der Waals surface area contributed by atoms with Gasteiger partial charge in [-0.3, -0.25) is 4.79 Å². The Labute approximate surface area is 174 Å². The Bertz CT molecular complexity index is 433. The zero-order chi connectivity index (χ0) is 20.1. The van der Waals surface area contributed by atoms with Crippen LogP contribution in [0, 0.1) is 0 Å². The van der Waals surface area contributed by atoms with Crippen molar-refractivity contribution in [3.05, 3.63) is 0 Å². The molecular weight excluding hydrogens is 400 g/mol. The summed E-state index contributed by atoms with van der Waals surface area (Å²) in [6, 6.07) is 0. The maximum Gasteiger partial charge on any atom is 0.319 e. The summed E-state index contributed by atoms with van der Waals surface area (Å²) >= 11 is 11.0. The molecule has 0 saturated carbocycles. The first-order valence-corrected chi connectivity index (χ1v) is 9.19. The van der Waals surface area contributed by atoms with E-state index in [9.17, 15) is 9.59 Å². The van der Waals surface area contributed by atoms with E-state index >= 15 is 0 Å². The third kappa shape index (κ3) is 19.7. The number of Topliss-reactive ketones (excluding diaryl/α,β-unsaturated/α-hetero) is 1. The van der Waals surface area contributed by atoms with Gasteiger partial charge in [-0.05, 0) is 27.2 Å². The number of carbonyl (C=O) groups excluding carboxylic acids is 1. The second-order valence-corrected chi connectivity index (χ2v) is 8.35. The molecule has 0 aromatic heterocycles. The van der Waals surface area contributed by atoms with Crippen LogP contribution in [0.2, 0.25) is 0 Å². The van der Waals surface area contributed by atoms with E-state index in [2.05, 4.69) is 0 Å². The lowest BCUT2D eigenvalue weighted by Gasteiger charge is -2.25. The predicted octanol–water partition coefficient (Wildman–Crippen LogP) is 4.12. The number of nitrogens with zero attached hydrogens (tertiary/aromatic N) is 2. The standard InChI is InChI=1S/C8H15NO2S2.C4H9NS.C4H8O.ClH/c1-5-8(2,6(10)11)13-7(12)9(3)4;1-4(6)5(2)3;1-3-4(2)5;/h5H2,1-4H3,(H,10,11);1-3H3;3H2,1-2H3;1H. The number of carbonyl (C=O) groups is 2. The number of carboxylic acids is 1. The van der Waals surface area contributed by atoms with Crippen LogP contribution in [0.15, 0.2) is 0 Å². The van der Waals surface area contributed by atoms with Crippen LogP contribution >= 0.6 is 48.6 Å². The van der Waals surface area contributed by atoms with Crippen molar-refractivity contribution >= 4 is 69.7 Å². The van der Waals surface area contributed by atoms with Gasteiger partial charge in [0.05, 0.1) is 4.99 Å². The summed E-state index contributed by atoms with van der Waals surface area (Å²) in [6.45, 7) is 8.87. The SMILES string of the molecule is CC(=S)N(C)C.CCC(C)(SC(=S)N(C)C)C(=O)O.CCC(C)=O.Cl. The molecule has 0 aliphatic heterocycles. The first kappa shape index (κ1) is 32.3. The number of aliphatic carboxylic acids is 1. The van der Waals surface area contributed by atoms with Crippen LogP contribution in [0.4, 0.5) is 0 Å². The van der Waals surface area contributed by atoms with Gasteiger partial charge in [0.2, 0.25) is 0 Å². The quantitative estimate of drug-likeness (QED) is 0.665. The monoisotopic (exact) mass is 432 g/mol. The Morgan fingerprint density at radius 2 is 1.36 bits per heavy atom. The van der Waals surface area contributed by atoms with Crippen molar-refractivity contribution in [2.75, 3.05) is 28.2 Å². The summed E-state index contributed by atoms with van der Waals surface area (Å²) in [4.78, 5) is 25.3. The van der Waals surface area contributed by atoms with Gasteiger partial charge in [0.15, 0.2) is 0 Å². The van der Waals surface area contributed by atoms with Crippen LogP contribution in [0.25, 0.3) is 0 Å². The third-order valence-electron chi connectivity index (χ3n) is 2.93. The van der Waals surface area contributed by atoms with Gasteiger partial charge in [-0.2, -0.15) is 0 Å². The van der Waals surface area contributed by atoms with Gasteiger partial charge in [0.25, 0.3) is 0 Å². The molecule has 9 heteroatoms. The zero-order valence-corrected chi connectivity index (χ0v) is 20.0. The first-order chi connectivity index (χ1) is 10.7. The normalized spacial score (nSPS) is 11.1. The number of carboxylic acid groups (broad SMARTS) is 1. The van der Waals surface area contributed by atoms with E-state index in [0.717, 1.165) is 4.99 Å². The fraction of sp³-hybridized carbons (Fsp3) is 0.750. The van der Waals surface area contributed by atoms with Gasteiger partial charge in [0, 0.05) is 34.6 Å². The Morgan fingerprint density at radius 3 is 1.48 bits per heavy atom. The fourth-order valence-electron chi connectivity index (χ4n) is 0.551. The lowest BCUT2D eigenvalue weighted by atomic mass is 10.1.